The van der Waals surface area contributed by atoms with E-state index in [1.54, 1.807) is 46.8 Å². The SMILES string of the molecule is CCCC(=O)OC1/C(=C/C(=O)OC)CC2CC(C(C)O)OC(=O)CC(O)CC3CC(OC(C)=O)C(C)(C)C(O)(CC4C/C(=C/C(=O)OC)CC(/C=C/C(C)(C)C1(O)O2)O4)O3. The van der Waals surface area contributed by atoms with Gasteiger partial charge in [-0.3, -0.25) is 14.4 Å². The van der Waals surface area contributed by atoms with Crippen molar-refractivity contribution >= 4 is 29.8 Å². The van der Waals surface area contributed by atoms with Crippen LogP contribution in [0, 0.1) is 10.8 Å². The van der Waals surface area contributed by atoms with E-state index >= 15 is 0 Å². The Hall–Kier alpha value is -3.71. The van der Waals surface area contributed by atoms with Gasteiger partial charge in [-0.25, -0.2) is 9.59 Å². The Kier molecular flexibility index (Phi) is 16.3. The minimum atomic E-state index is -2.41. The molecule has 60 heavy (non-hydrogen) atoms. The van der Waals surface area contributed by atoms with Crippen molar-refractivity contribution in [3.63, 3.8) is 0 Å². The Balaban J connectivity index is 1.89. The first-order valence-electron chi connectivity index (χ1n) is 20.6. The summed E-state index contributed by atoms with van der Waals surface area (Å²) < 4.78 is 46.5. The van der Waals surface area contributed by atoms with Gasteiger partial charge in [-0.05, 0) is 38.2 Å². The van der Waals surface area contributed by atoms with Crippen molar-refractivity contribution in [2.75, 3.05) is 14.2 Å². The lowest BCUT2D eigenvalue weighted by Gasteiger charge is -2.53. The van der Waals surface area contributed by atoms with E-state index in [2.05, 4.69) is 0 Å². The Morgan fingerprint density at radius 1 is 0.900 bits per heavy atom. The molecular weight excluding hydrogens is 788 g/mol. The number of ether oxygens (including phenoxy) is 8. The fourth-order valence-electron chi connectivity index (χ4n) is 8.34. The van der Waals surface area contributed by atoms with Crippen LogP contribution in [0.3, 0.4) is 0 Å². The van der Waals surface area contributed by atoms with Crippen LogP contribution in [0.2, 0.25) is 0 Å². The minimum Gasteiger partial charge on any atom is -0.466 e. The number of carbonyl (C=O) groups excluding carboxylic acids is 5. The van der Waals surface area contributed by atoms with Crippen molar-refractivity contribution in [1.29, 1.82) is 0 Å². The molecule has 4 aliphatic heterocycles. The highest BCUT2D eigenvalue weighted by Crippen LogP contribution is 2.50. The van der Waals surface area contributed by atoms with Gasteiger partial charge in [-0.2, -0.15) is 0 Å². The summed E-state index contributed by atoms with van der Waals surface area (Å²) in [6, 6.07) is 0. The number of esters is 5. The highest BCUT2D eigenvalue weighted by atomic mass is 16.7. The van der Waals surface area contributed by atoms with E-state index in [9.17, 15) is 44.4 Å². The van der Waals surface area contributed by atoms with Crippen LogP contribution < -0.4 is 0 Å². The molecule has 0 aromatic rings. The van der Waals surface area contributed by atoms with E-state index in [1.807, 2.05) is 0 Å². The second-order valence-electron chi connectivity index (χ2n) is 17.5. The summed E-state index contributed by atoms with van der Waals surface area (Å²) in [7, 11) is 2.41. The molecule has 4 aliphatic rings. The maximum atomic E-state index is 13.4. The third-order valence-corrected chi connectivity index (χ3v) is 11.9. The third-order valence-electron chi connectivity index (χ3n) is 11.9. The number of hydrogen-bond acceptors (Lipinski definition) is 17. The molecule has 0 aliphatic carbocycles. The molecule has 17 heteroatoms. The lowest BCUT2D eigenvalue weighted by Crippen LogP contribution is -2.62. The number of aliphatic hydroxyl groups is 4. The summed E-state index contributed by atoms with van der Waals surface area (Å²) in [5.74, 6) is -8.01. The number of methoxy groups -OCH3 is 2. The van der Waals surface area contributed by atoms with Crippen molar-refractivity contribution < 1.29 is 82.3 Å². The molecule has 0 radical (unpaired) electrons. The lowest BCUT2D eigenvalue weighted by atomic mass is 9.70. The zero-order valence-corrected chi connectivity index (χ0v) is 36.2. The Morgan fingerprint density at radius 3 is 2.18 bits per heavy atom. The monoisotopic (exact) mass is 852 g/mol. The summed E-state index contributed by atoms with van der Waals surface area (Å²) >= 11 is 0. The van der Waals surface area contributed by atoms with Gasteiger partial charge in [0.05, 0.1) is 62.7 Å². The Bertz CT molecular complexity index is 1660. The maximum Gasteiger partial charge on any atom is 0.330 e. The highest BCUT2D eigenvalue weighted by molar-refractivity contribution is 5.83. The van der Waals surface area contributed by atoms with E-state index in [0.29, 0.717) is 12.0 Å². The van der Waals surface area contributed by atoms with Gasteiger partial charge >= 0.3 is 29.8 Å². The fraction of sp³-hybridized carbons (Fsp3) is 0.744. The van der Waals surface area contributed by atoms with Gasteiger partial charge in [0.25, 0.3) is 0 Å². The third kappa shape index (κ3) is 11.8. The number of hydrogen-bond donors (Lipinski definition) is 4. The molecule has 4 N–H and O–H groups in total. The number of aliphatic hydroxyl groups excluding tert-OH is 2. The molecule has 3 saturated heterocycles. The van der Waals surface area contributed by atoms with Crippen LogP contribution in [0.1, 0.15) is 113 Å². The van der Waals surface area contributed by atoms with E-state index in [1.165, 1.54) is 34.1 Å². The summed E-state index contributed by atoms with van der Waals surface area (Å²) in [5.41, 5.74) is -1.96. The molecule has 338 valence electrons. The van der Waals surface area contributed by atoms with Crippen LogP contribution in [0.5, 0.6) is 0 Å². The summed E-state index contributed by atoms with van der Waals surface area (Å²) in [5, 5.41) is 47.3. The predicted molar refractivity (Wildman–Crippen MR) is 210 cm³/mol. The van der Waals surface area contributed by atoms with Crippen molar-refractivity contribution in [2.45, 2.75) is 179 Å². The molecule has 0 spiro atoms. The van der Waals surface area contributed by atoms with Crippen LogP contribution in [0.25, 0.3) is 0 Å². The average Bonchev–Trinajstić information content (AvgIpc) is 3.13. The van der Waals surface area contributed by atoms with E-state index in [-0.39, 0.29) is 56.9 Å². The fourth-order valence-corrected chi connectivity index (χ4v) is 8.34. The lowest BCUT2D eigenvalue weighted by molar-refractivity contribution is -0.348. The highest BCUT2D eigenvalue weighted by Gasteiger charge is 2.59. The van der Waals surface area contributed by atoms with Crippen LogP contribution >= 0.6 is 0 Å². The van der Waals surface area contributed by atoms with Gasteiger partial charge in [-0.15, -0.1) is 0 Å². The van der Waals surface area contributed by atoms with Crippen LogP contribution in [0.15, 0.2) is 35.5 Å². The smallest absolute Gasteiger partial charge is 0.330 e. The maximum absolute atomic E-state index is 13.4. The standard InChI is InChI=1S/C43H64O17/c1-10-11-35(47)58-39-27(18-37(49)54-9)17-30-21-33(24(2)44)57-38(50)20-28(46)19-31-22-34(55-25(3)45)41(6,7)42(51,59-31)23-32-15-26(16-36(48)53-8)14-29(56-32)12-13-40(4,5)43(39,52)60-30/h12-13,16,18,24,28-34,39,44,46,51-52H,10-11,14-15,17,19-23H2,1-9H3/b13-12+,26-16+,27-18+. The molecule has 11 atom stereocenters. The topological polar surface area (TPSA) is 240 Å². The number of fused-ring (bicyclic) bond motifs is 6. The molecule has 4 heterocycles. The van der Waals surface area contributed by atoms with Crippen LogP contribution in [0.4, 0.5) is 0 Å². The van der Waals surface area contributed by atoms with Crippen LogP contribution in [-0.2, 0) is 61.9 Å². The summed E-state index contributed by atoms with van der Waals surface area (Å²) in [6.45, 7) is 11.0. The quantitative estimate of drug-likeness (QED) is 0.124. The second kappa shape index (κ2) is 20.0. The van der Waals surface area contributed by atoms with Crippen molar-refractivity contribution in [3.8, 4) is 0 Å². The molecule has 6 bridgehead atoms. The molecule has 0 aromatic heterocycles. The zero-order chi connectivity index (χ0) is 44.8. The van der Waals surface area contributed by atoms with E-state index in [0.717, 1.165) is 6.08 Å². The Morgan fingerprint density at radius 2 is 1.57 bits per heavy atom. The van der Waals surface area contributed by atoms with Crippen LogP contribution in [-0.4, -0.2) is 131 Å². The molecule has 17 nitrogen and oxygen atoms in total. The minimum absolute atomic E-state index is 0.00840. The molecule has 4 rings (SSSR count). The van der Waals surface area contributed by atoms with E-state index in [4.69, 9.17) is 37.9 Å². The summed E-state index contributed by atoms with van der Waals surface area (Å²) in [6.07, 6.45) is -4.54. The first-order valence-corrected chi connectivity index (χ1v) is 20.6. The molecule has 11 unspecified atom stereocenters. The Labute approximate surface area is 351 Å². The van der Waals surface area contributed by atoms with Gasteiger partial charge in [0.15, 0.2) is 11.9 Å². The molecule has 0 aromatic carbocycles. The van der Waals surface area contributed by atoms with Crippen molar-refractivity contribution in [3.05, 3.63) is 35.5 Å². The van der Waals surface area contributed by atoms with Gasteiger partial charge in [0.1, 0.15) is 12.2 Å². The average molecular weight is 853 g/mol. The van der Waals surface area contributed by atoms with Crippen molar-refractivity contribution in [2.24, 2.45) is 10.8 Å². The zero-order valence-electron chi connectivity index (χ0n) is 36.2. The summed E-state index contributed by atoms with van der Waals surface area (Å²) in [4.78, 5) is 64.1. The number of cyclic esters (lactones) is 1. The molecular formula is C43H64O17. The van der Waals surface area contributed by atoms with Crippen molar-refractivity contribution in [1.82, 2.24) is 0 Å². The number of carbonyl (C=O) groups is 5. The largest absolute Gasteiger partial charge is 0.466 e. The van der Waals surface area contributed by atoms with Gasteiger partial charge in [-0.1, -0.05) is 52.3 Å². The normalized spacial score (nSPS) is 37.1. The predicted octanol–water partition coefficient (Wildman–Crippen LogP) is 3.17. The number of rotatable bonds is 7. The van der Waals surface area contributed by atoms with Gasteiger partial charge in [0.2, 0.25) is 5.79 Å². The van der Waals surface area contributed by atoms with Gasteiger partial charge in [0, 0.05) is 56.6 Å². The second-order valence-corrected chi connectivity index (χ2v) is 17.5. The first-order chi connectivity index (χ1) is 27.9. The molecule has 3 fully saturated rings. The molecule has 0 saturated carbocycles. The van der Waals surface area contributed by atoms with Gasteiger partial charge < -0.3 is 58.3 Å². The molecule has 0 amide bonds. The van der Waals surface area contributed by atoms with E-state index < -0.39 is 114 Å². The first kappa shape index (κ1) is 49.0.